The molecule has 2 unspecified atom stereocenters. The van der Waals surface area contributed by atoms with Crippen LogP contribution < -0.4 is 11.5 Å². The van der Waals surface area contributed by atoms with Crippen molar-refractivity contribution >= 4 is 11.9 Å². The highest BCUT2D eigenvalue weighted by molar-refractivity contribution is 5.80. The number of halogens is 1. The van der Waals surface area contributed by atoms with Crippen LogP contribution in [0.4, 0.5) is 4.39 Å². The van der Waals surface area contributed by atoms with Gasteiger partial charge in [0.2, 0.25) is 5.91 Å². The van der Waals surface area contributed by atoms with Gasteiger partial charge >= 0.3 is 5.97 Å². The number of aliphatic carboxylic acids is 1. The molecule has 0 aromatic heterocycles. The fourth-order valence-corrected chi connectivity index (χ4v) is 0.878. The molecule has 0 rings (SSSR count). The average Bonchev–Trinajstić information content (AvgIpc) is 2.15. The highest BCUT2D eigenvalue weighted by Gasteiger charge is 2.23. The first-order chi connectivity index (χ1) is 6.99. The molecule has 0 radical (unpaired) electrons. The van der Waals surface area contributed by atoms with Gasteiger partial charge in [-0.2, -0.15) is 0 Å². The second-order valence-electron chi connectivity index (χ2n) is 2.98. The summed E-state index contributed by atoms with van der Waals surface area (Å²) in [7, 11) is 0. The SMILES string of the molecule is NC(=O)C(CC(N)C(=O)O)OCCCF. The van der Waals surface area contributed by atoms with Crippen LogP contribution in [0.1, 0.15) is 12.8 Å². The maximum atomic E-state index is 11.7. The summed E-state index contributed by atoms with van der Waals surface area (Å²) in [5.41, 5.74) is 10.2. The van der Waals surface area contributed by atoms with Gasteiger partial charge in [0.1, 0.15) is 12.1 Å². The molecule has 0 aromatic rings. The fourth-order valence-electron chi connectivity index (χ4n) is 0.878. The number of amides is 1. The highest BCUT2D eigenvalue weighted by Crippen LogP contribution is 2.02. The molecule has 1 amide bonds. The lowest BCUT2D eigenvalue weighted by atomic mass is 10.1. The molecule has 2 atom stereocenters. The number of primary amides is 1. The summed E-state index contributed by atoms with van der Waals surface area (Å²) in [6.45, 7) is -0.563. The average molecular weight is 222 g/mol. The number of carbonyl (C=O) groups is 2. The number of nitrogens with two attached hydrogens (primary N) is 2. The van der Waals surface area contributed by atoms with Gasteiger partial charge in [0, 0.05) is 6.42 Å². The summed E-state index contributed by atoms with van der Waals surface area (Å²) in [5, 5.41) is 8.49. The standard InChI is InChI=1S/C8H15FN2O4/c9-2-1-3-15-6(7(11)12)4-5(10)8(13)14/h5-6H,1-4,10H2,(H2,11,12)(H,13,14). The monoisotopic (exact) mass is 222 g/mol. The van der Waals surface area contributed by atoms with Crippen LogP contribution in [0, 0.1) is 0 Å². The van der Waals surface area contributed by atoms with Gasteiger partial charge in [-0.15, -0.1) is 0 Å². The van der Waals surface area contributed by atoms with Crippen molar-refractivity contribution in [1.82, 2.24) is 0 Å². The third-order valence-electron chi connectivity index (χ3n) is 1.70. The van der Waals surface area contributed by atoms with E-state index in [1.165, 1.54) is 0 Å². The van der Waals surface area contributed by atoms with Crippen LogP contribution in [0.25, 0.3) is 0 Å². The first-order valence-electron chi connectivity index (χ1n) is 4.44. The number of carboxylic acid groups (broad SMARTS) is 1. The Hall–Kier alpha value is -1.21. The van der Waals surface area contributed by atoms with Crippen molar-refractivity contribution in [2.75, 3.05) is 13.3 Å². The number of carbonyl (C=O) groups excluding carboxylic acids is 1. The second kappa shape index (κ2) is 7.13. The number of ether oxygens (including phenoxy) is 1. The lowest BCUT2D eigenvalue weighted by Crippen LogP contribution is -2.40. The van der Waals surface area contributed by atoms with E-state index in [1.807, 2.05) is 0 Å². The molecule has 15 heavy (non-hydrogen) atoms. The lowest BCUT2D eigenvalue weighted by molar-refractivity contribution is -0.140. The topological polar surface area (TPSA) is 116 Å². The van der Waals surface area contributed by atoms with Gasteiger partial charge in [-0.3, -0.25) is 14.0 Å². The molecule has 0 spiro atoms. The number of rotatable bonds is 8. The molecular weight excluding hydrogens is 207 g/mol. The molecule has 0 aliphatic rings. The van der Waals surface area contributed by atoms with Gasteiger partial charge < -0.3 is 21.3 Å². The summed E-state index contributed by atoms with van der Waals surface area (Å²) in [4.78, 5) is 21.2. The number of hydrogen-bond donors (Lipinski definition) is 3. The molecule has 0 fully saturated rings. The van der Waals surface area contributed by atoms with Crippen LogP contribution in [0.3, 0.4) is 0 Å². The predicted octanol–water partition coefficient (Wildman–Crippen LogP) is -0.982. The normalized spacial score (nSPS) is 14.5. The van der Waals surface area contributed by atoms with Gasteiger partial charge in [-0.05, 0) is 6.42 Å². The quantitative estimate of drug-likeness (QED) is 0.456. The van der Waals surface area contributed by atoms with Gasteiger partial charge in [0.15, 0.2) is 0 Å². The van der Waals surface area contributed by atoms with E-state index in [0.29, 0.717) is 0 Å². The summed E-state index contributed by atoms with van der Waals surface area (Å²) in [5.74, 6) is -2.04. The molecule has 88 valence electrons. The third-order valence-corrected chi connectivity index (χ3v) is 1.70. The Morgan fingerprint density at radius 2 is 2.07 bits per heavy atom. The number of hydrogen-bond acceptors (Lipinski definition) is 4. The first-order valence-corrected chi connectivity index (χ1v) is 4.44. The molecule has 0 aliphatic carbocycles. The molecule has 0 heterocycles. The van der Waals surface area contributed by atoms with Crippen molar-refractivity contribution in [2.24, 2.45) is 11.5 Å². The van der Waals surface area contributed by atoms with Crippen LogP contribution in [-0.4, -0.2) is 42.4 Å². The molecular formula is C8H15FN2O4. The molecule has 0 bridgehead atoms. The molecule has 7 heteroatoms. The maximum absolute atomic E-state index is 11.7. The van der Waals surface area contributed by atoms with E-state index in [2.05, 4.69) is 0 Å². The van der Waals surface area contributed by atoms with Crippen LogP contribution in [0.2, 0.25) is 0 Å². The van der Waals surface area contributed by atoms with Gasteiger partial charge in [-0.1, -0.05) is 0 Å². The van der Waals surface area contributed by atoms with Crippen molar-refractivity contribution in [3.8, 4) is 0 Å². The summed E-state index contributed by atoms with van der Waals surface area (Å²) >= 11 is 0. The fraction of sp³-hybridized carbons (Fsp3) is 0.750. The maximum Gasteiger partial charge on any atom is 0.320 e. The molecule has 0 aliphatic heterocycles. The van der Waals surface area contributed by atoms with E-state index in [9.17, 15) is 14.0 Å². The molecule has 5 N–H and O–H groups in total. The highest BCUT2D eigenvalue weighted by atomic mass is 19.1. The van der Waals surface area contributed by atoms with E-state index in [4.69, 9.17) is 21.3 Å². The van der Waals surface area contributed by atoms with E-state index < -0.39 is 30.7 Å². The van der Waals surface area contributed by atoms with E-state index in [-0.39, 0.29) is 19.4 Å². The largest absolute Gasteiger partial charge is 0.480 e. The Morgan fingerprint density at radius 3 is 2.47 bits per heavy atom. The van der Waals surface area contributed by atoms with Gasteiger partial charge in [-0.25, -0.2) is 0 Å². The summed E-state index contributed by atoms with van der Waals surface area (Å²) in [6.07, 6.45) is -1.16. The summed E-state index contributed by atoms with van der Waals surface area (Å²) in [6, 6.07) is -1.21. The zero-order valence-electron chi connectivity index (χ0n) is 8.19. The van der Waals surface area contributed by atoms with Crippen molar-refractivity contribution in [3.63, 3.8) is 0 Å². The Bertz CT molecular complexity index is 225. The Morgan fingerprint density at radius 1 is 1.47 bits per heavy atom. The minimum atomic E-state index is -1.24. The Kier molecular flexibility index (Phi) is 6.56. The third kappa shape index (κ3) is 5.97. The van der Waals surface area contributed by atoms with Crippen LogP contribution >= 0.6 is 0 Å². The lowest BCUT2D eigenvalue weighted by Gasteiger charge is -2.16. The molecule has 0 saturated carbocycles. The van der Waals surface area contributed by atoms with Gasteiger partial charge in [0.05, 0.1) is 13.3 Å². The molecule has 0 saturated heterocycles. The van der Waals surface area contributed by atoms with Crippen molar-refractivity contribution in [3.05, 3.63) is 0 Å². The minimum Gasteiger partial charge on any atom is -0.480 e. The van der Waals surface area contributed by atoms with E-state index in [0.717, 1.165) is 0 Å². The van der Waals surface area contributed by atoms with Gasteiger partial charge in [0.25, 0.3) is 0 Å². The van der Waals surface area contributed by atoms with E-state index >= 15 is 0 Å². The zero-order valence-corrected chi connectivity index (χ0v) is 8.19. The minimum absolute atomic E-state index is 0.0104. The smallest absolute Gasteiger partial charge is 0.320 e. The van der Waals surface area contributed by atoms with Crippen molar-refractivity contribution in [1.29, 1.82) is 0 Å². The van der Waals surface area contributed by atoms with Crippen molar-refractivity contribution in [2.45, 2.75) is 25.0 Å². The van der Waals surface area contributed by atoms with Crippen LogP contribution in [0.15, 0.2) is 0 Å². The zero-order chi connectivity index (χ0) is 11.8. The number of carboxylic acids is 1. The molecule has 0 aromatic carbocycles. The van der Waals surface area contributed by atoms with Crippen LogP contribution in [-0.2, 0) is 14.3 Å². The predicted molar refractivity (Wildman–Crippen MR) is 49.8 cm³/mol. The van der Waals surface area contributed by atoms with Crippen LogP contribution in [0.5, 0.6) is 0 Å². The number of alkyl halides is 1. The van der Waals surface area contributed by atoms with Crippen molar-refractivity contribution < 1.29 is 23.8 Å². The summed E-state index contributed by atoms with van der Waals surface area (Å²) < 4.78 is 16.6. The first kappa shape index (κ1) is 13.8. The Labute approximate surface area is 86.4 Å². The molecule has 6 nitrogen and oxygen atoms in total. The Balaban J connectivity index is 4.04. The second-order valence-corrected chi connectivity index (χ2v) is 2.98. The van der Waals surface area contributed by atoms with E-state index in [1.54, 1.807) is 0 Å².